The van der Waals surface area contributed by atoms with Gasteiger partial charge in [-0.2, -0.15) is 5.10 Å². The van der Waals surface area contributed by atoms with Crippen LogP contribution in [-0.4, -0.2) is 30.0 Å². The Bertz CT molecular complexity index is 512. The summed E-state index contributed by atoms with van der Waals surface area (Å²) in [6.45, 7) is 5.13. The molecule has 1 heterocycles. The first-order valence-corrected chi connectivity index (χ1v) is 6.81. The minimum Gasteiger partial charge on any atom is -0.493 e. The van der Waals surface area contributed by atoms with E-state index in [1.807, 2.05) is 42.1 Å². The summed E-state index contributed by atoms with van der Waals surface area (Å²) in [4.78, 5) is 0. The van der Waals surface area contributed by atoms with E-state index >= 15 is 0 Å². The Morgan fingerprint density at radius 3 is 2.90 bits per heavy atom. The molecule has 0 bridgehead atoms. The van der Waals surface area contributed by atoms with Gasteiger partial charge in [0, 0.05) is 25.5 Å². The summed E-state index contributed by atoms with van der Waals surface area (Å²) in [5, 5.41) is 7.55. The van der Waals surface area contributed by atoms with Gasteiger partial charge in [-0.1, -0.05) is 6.07 Å². The first kappa shape index (κ1) is 14.4. The minimum absolute atomic E-state index is 0.631. The van der Waals surface area contributed by atoms with Gasteiger partial charge in [0.05, 0.1) is 20.3 Å². The highest BCUT2D eigenvalue weighted by Gasteiger charge is 2.05. The number of hydrogen-bond acceptors (Lipinski definition) is 4. The SMILES string of the molecule is CCOc1cc(CNCCn2cccn2)ccc1OC. The topological polar surface area (TPSA) is 48.3 Å². The lowest BCUT2D eigenvalue weighted by molar-refractivity contribution is 0.310. The van der Waals surface area contributed by atoms with E-state index in [9.17, 15) is 0 Å². The molecule has 0 aliphatic carbocycles. The van der Waals surface area contributed by atoms with Gasteiger partial charge in [0.25, 0.3) is 0 Å². The molecule has 5 heteroatoms. The summed E-state index contributed by atoms with van der Waals surface area (Å²) in [6.07, 6.45) is 3.75. The lowest BCUT2D eigenvalue weighted by Gasteiger charge is -2.11. The molecule has 0 atom stereocenters. The first-order chi connectivity index (χ1) is 9.83. The summed E-state index contributed by atoms with van der Waals surface area (Å²) < 4.78 is 12.7. The Kier molecular flexibility index (Phi) is 5.43. The zero-order valence-corrected chi connectivity index (χ0v) is 12.0. The van der Waals surface area contributed by atoms with Crippen molar-refractivity contribution in [1.82, 2.24) is 15.1 Å². The van der Waals surface area contributed by atoms with Crippen molar-refractivity contribution < 1.29 is 9.47 Å². The highest BCUT2D eigenvalue weighted by molar-refractivity contribution is 5.42. The molecule has 1 aromatic carbocycles. The van der Waals surface area contributed by atoms with Crippen molar-refractivity contribution in [1.29, 1.82) is 0 Å². The first-order valence-electron chi connectivity index (χ1n) is 6.81. The third kappa shape index (κ3) is 3.99. The number of nitrogens with one attached hydrogen (secondary N) is 1. The van der Waals surface area contributed by atoms with Gasteiger partial charge in [0.15, 0.2) is 11.5 Å². The van der Waals surface area contributed by atoms with Crippen molar-refractivity contribution in [3.05, 3.63) is 42.2 Å². The summed E-state index contributed by atoms with van der Waals surface area (Å²) >= 11 is 0. The van der Waals surface area contributed by atoms with Gasteiger partial charge in [-0.05, 0) is 30.7 Å². The molecule has 20 heavy (non-hydrogen) atoms. The molecule has 0 aliphatic rings. The second-order valence-electron chi connectivity index (χ2n) is 4.36. The molecule has 0 aliphatic heterocycles. The molecule has 1 N–H and O–H groups in total. The van der Waals surface area contributed by atoms with Crippen LogP contribution >= 0.6 is 0 Å². The lowest BCUT2D eigenvalue weighted by atomic mass is 10.2. The summed E-state index contributed by atoms with van der Waals surface area (Å²) in [7, 11) is 1.65. The van der Waals surface area contributed by atoms with E-state index in [0.717, 1.165) is 31.1 Å². The third-order valence-electron chi connectivity index (χ3n) is 2.93. The molecule has 0 fully saturated rings. The average Bonchev–Trinajstić information content (AvgIpc) is 2.97. The van der Waals surface area contributed by atoms with E-state index in [0.29, 0.717) is 6.61 Å². The molecule has 1 aromatic heterocycles. The van der Waals surface area contributed by atoms with Crippen LogP contribution in [0.3, 0.4) is 0 Å². The maximum atomic E-state index is 5.57. The van der Waals surface area contributed by atoms with Crippen molar-refractivity contribution >= 4 is 0 Å². The van der Waals surface area contributed by atoms with Crippen molar-refractivity contribution in [2.75, 3.05) is 20.3 Å². The van der Waals surface area contributed by atoms with Crippen LogP contribution in [0.5, 0.6) is 11.5 Å². The molecule has 108 valence electrons. The van der Waals surface area contributed by atoms with Crippen LogP contribution in [0.2, 0.25) is 0 Å². The molecule has 0 amide bonds. The normalized spacial score (nSPS) is 10.5. The summed E-state index contributed by atoms with van der Waals surface area (Å²) in [5.41, 5.74) is 1.18. The molecule has 0 unspecified atom stereocenters. The molecule has 0 saturated carbocycles. The molecular weight excluding hydrogens is 254 g/mol. The number of rotatable bonds is 8. The van der Waals surface area contributed by atoms with Crippen molar-refractivity contribution in [2.24, 2.45) is 0 Å². The predicted octanol–water partition coefficient (Wildman–Crippen LogP) is 2.08. The lowest BCUT2D eigenvalue weighted by Crippen LogP contribution is -2.19. The fourth-order valence-electron chi connectivity index (χ4n) is 1.96. The molecule has 0 radical (unpaired) electrons. The smallest absolute Gasteiger partial charge is 0.161 e. The van der Waals surface area contributed by atoms with Gasteiger partial charge >= 0.3 is 0 Å². The number of hydrogen-bond donors (Lipinski definition) is 1. The third-order valence-corrected chi connectivity index (χ3v) is 2.93. The molecule has 0 saturated heterocycles. The number of benzene rings is 1. The number of methoxy groups -OCH3 is 1. The van der Waals surface area contributed by atoms with E-state index in [-0.39, 0.29) is 0 Å². The second kappa shape index (κ2) is 7.55. The fraction of sp³-hybridized carbons (Fsp3) is 0.400. The largest absolute Gasteiger partial charge is 0.493 e. The van der Waals surface area contributed by atoms with Gasteiger partial charge in [-0.3, -0.25) is 4.68 Å². The molecule has 0 spiro atoms. The van der Waals surface area contributed by atoms with Crippen LogP contribution in [0.4, 0.5) is 0 Å². The van der Waals surface area contributed by atoms with Crippen molar-refractivity contribution in [2.45, 2.75) is 20.0 Å². The quantitative estimate of drug-likeness (QED) is 0.749. The monoisotopic (exact) mass is 275 g/mol. The zero-order chi connectivity index (χ0) is 14.2. The standard InChI is InChI=1S/C15H21N3O2/c1-3-20-15-11-13(5-6-14(15)19-2)12-16-8-10-18-9-4-7-17-18/h4-7,9,11,16H,3,8,10,12H2,1-2H3. The van der Waals surface area contributed by atoms with Gasteiger partial charge in [0.2, 0.25) is 0 Å². The minimum atomic E-state index is 0.631. The summed E-state index contributed by atoms with van der Waals surface area (Å²) in [5.74, 6) is 1.56. The van der Waals surface area contributed by atoms with E-state index < -0.39 is 0 Å². The Labute approximate surface area is 119 Å². The highest BCUT2D eigenvalue weighted by atomic mass is 16.5. The number of aromatic nitrogens is 2. The van der Waals surface area contributed by atoms with Crippen LogP contribution in [0.15, 0.2) is 36.7 Å². The van der Waals surface area contributed by atoms with E-state index in [1.165, 1.54) is 5.56 Å². The second-order valence-corrected chi connectivity index (χ2v) is 4.36. The average molecular weight is 275 g/mol. The molecule has 2 aromatic rings. The summed E-state index contributed by atoms with van der Waals surface area (Å²) in [6, 6.07) is 7.93. The fourth-order valence-corrected chi connectivity index (χ4v) is 1.96. The van der Waals surface area contributed by atoms with Crippen LogP contribution in [0.25, 0.3) is 0 Å². The Hall–Kier alpha value is -2.01. The van der Waals surface area contributed by atoms with Crippen LogP contribution < -0.4 is 14.8 Å². The van der Waals surface area contributed by atoms with Crippen LogP contribution in [0, 0.1) is 0 Å². The van der Waals surface area contributed by atoms with Gasteiger partial charge in [-0.15, -0.1) is 0 Å². The zero-order valence-electron chi connectivity index (χ0n) is 12.0. The maximum absolute atomic E-state index is 5.57. The molecular formula is C15H21N3O2. The molecule has 5 nitrogen and oxygen atoms in total. The predicted molar refractivity (Wildman–Crippen MR) is 78.1 cm³/mol. The Balaban J connectivity index is 1.84. The van der Waals surface area contributed by atoms with E-state index in [2.05, 4.69) is 10.4 Å². The van der Waals surface area contributed by atoms with Crippen LogP contribution in [0.1, 0.15) is 12.5 Å². The van der Waals surface area contributed by atoms with Gasteiger partial charge in [-0.25, -0.2) is 0 Å². The Morgan fingerprint density at radius 1 is 1.30 bits per heavy atom. The number of nitrogens with zero attached hydrogens (tertiary/aromatic N) is 2. The van der Waals surface area contributed by atoms with E-state index in [4.69, 9.17) is 9.47 Å². The van der Waals surface area contributed by atoms with Gasteiger partial charge in [0.1, 0.15) is 0 Å². The number of ether oxygens (including phenoxy) is 2. The Morgan fingerprint density at radius 2 is 2.20 bits per heavy atom. The highest BCUT2D eigenvalue weighted by Crippen LogP contribution is 2.27. The van der Waals surface area contributed by atoms with Gasteiger partial charge < -0.3 is 14.8 Å². The van der Waals surface area contributed by atoms with Crippen molar-refractivity contribution in [3.8, 4) is 11.5 Å². The maximum Gasteiger partial charge on any atom is 0.161 e. The van der Waals surface area contributed by atoms with E-state index in [1.54, 1.807) is 13.3 Å². The van der Waals surface area contributed by atoms with Crippen LogP contribution in [-0.2, 0) is 13.1 Å². The molecule has 2 rings (SSSR count). The van der Waals surface area contributed by atoms with Crippen molar-refractivity contribution in [3.63, 3.8) is 0 Å².